The topological polar surface area (TPSA) is 25.8 Å². The molecule has 0 saturated carbocycles. The molecule has 274 valence electrons. The second kappa shape index (κ2) is 19.3. The van der Waals surface area contributed by atoms with Crippen LogP contribution >= 0.6 is 0 Å². The van der Waals surface area contributed by atoms with Crippen molar-refractivity contribution in [3.8, 4) is 11.4 Å². The second-order valence-electron chi connectivity index (χ2n) is 15.6. The Balaban J connectivity index is 1.50. The molecule has 6 rings (SSSR count). The number of hydrogen-bond donors (Lipinski definition) is 0. The minimum Gasteiger partial charge on any atom is -0.245 e. The molecule has 0 atom stereocenters. The van der Waals surface area contributed by atoms with Gasteiger partial charge in [0, 0.05) is 21.5 Å². The van der Waals surface area contributed by atoms with Gasteiger partial charge in [-0.15, -0.1) is 0 Å². The van der Waals surface area contributed by atoms with Gasteiger partial charge in [0.05, 0.1) is 22.4 Å². The smallest absolute Gasteiger partial charge is 0.0978 e. The highest BCUT2D eigenvalue weighted by atomic mass is 14.8. The van der Waals surface area contributed by atoms with Gasteiger partial charge in [-0.3, -0.25) is 0 Å². The van der Waals surface area contributed by atoms with Crippen molar-refractivity contribution >= 4 is 43.4 Å². The van der Waals surface area contributed by atoms with Crippen LogP contribution in [0.4, 0.5) is 0 Å². The van der Waals surface area contributed by atoms with Crippen molar-refractivity contribution in [1.82, 2.24) is 9.97 Å². The predicted molar refractivity (Wildman–Crippen MR) is 229 cm³/mol. The second-order valence-corrected chi connectivity index (χ2v) is 15.6. The summed E-state index contributed by atoms with van der Waals surface area (Å²) in [7, 11) is 0. The fraction of sp³-hybridized carbons (Fsp3) is 0.480. The molecule has 4 aromatic carbocycles. The van der Waals surface area contributed by atoms with Crippen LogP contribution in [-0.4, -0.2) is 9.97 Å². The van der Waals surface area contributed by atoms with E-state index in [2.05, 4.69) is 100 Å². The van der Waals surface area contributed by atoms with E-state index in [0.29, 0.717) is 0 Å². The number of nitrogens with zero attached hydrogens (tertiary/aromatic N) is 2. The summed E-state index contributed by atoms with van der Waals surface area (Å²) in [6, 6.07) is 28.5. The molecule has 0 aliphatic rings. The van der Waals surface area contributed by atoms with Gasteiger partial charge < -0.3 is 0 Å². The number of benzene rings is 4. The van der Waals surface area contributed by atoms with Gasteiger partial charge in [0.1, 0.15) is 0 Å². The van der Waals surface area contributed by atoms with Crippen LogP contribution in [0, 0.1) is 0 Å². The summed E-state index contributed by atoms with van der Waals surface area (Å²) in [6.07, 6.45) is 25.1. The first-order valence-corrected chi connectivity index (χ1v) is 21.3. The molecule has 0 bridgehead atoms. The first-order valence-electron chi connectivity index (χ1n) is 21.3. The standard InChI is InChI=1S/C50H64N2/c1-5-9-13-17-21-37-25-29-41-43(33-37)45-35-39(23-19-15-11-7-3)27-31-47(45)51-49(41)50-42-30-26-38(22-18-14-10-6-2)34-44(42)46-36-40(24-20-16-12-8-4)28-32-48(46)52-50/h25-36H,5-24H2,1-4H3. The largest absolute Gasteiger partial charge is 0.245 e. The molecule has 0 aliphatic heterocycles. The molecule has 52 heavy (non-hydrogen) atoms. The van der Waals surface area contributed by atoms with Crippen LogP contribution in [0.3, 0.4) is 0 Å². The van der Waals surface area contributed by atoms with Gasteiger partial charge in [0.25, 0.3) is 0 Å². The Labute approximate surface area is 314 Å². The molecular formula is C50H64N2. The summed E-state index contributed by atoms with van der Waals surface area (Å²) >= 11 is 0. The number of aromatic nitrogens is 2. The first-order chi connectivity index (χ1) is 25.6. The Morgan fingerprint density at radius 3 is 0.942 bits per heavy atom. The molecule has 0 saturated heterocycles. The molecule has 2 heteroatoms. The Morgan fingerprint density at radius 1 is 0.308 bits per heavy atom. The maximum Gasteiger partial charge on any atom is 0.0978 e. The van der Waals surface area contributed by atoms with E-state index in [-0.39, 0.29) is 0 Å². The Kier molecular flexibility index (Phi) is 14.1. The van der Waals surface area contributed by atoms with Crippen molar-refractivity contribution in [1.29, 1.82) is 0 Å². The van der Waals surface area contributed by atoms with Crippen LogP contribution in [0.2, 0.25) is 0 Å². The third kappa shape index (κ3) is 9.41. The zero-order chi connectivity index (χ0) is 36.1. The van der Waals surface area contributed by atoms with E-state index < -0.39 is 0 Å². The lowest BCUT2D eigenvalue weighted by Crippen LogP contribution is -1.98. The van der Waals surface area contributed by atoms with E-state index in [4.69, 9.17) is 9.97 Å². The Hall–Kier alpha value is -3.78. The lowest BCUT2D eigenvalue weighted by Gasteiger charge is -2.16. The van der Waals surface area contributed by atoms with Crippen LogP contribution in [0.15, 0.2) is 72.8 Å². The van der Waals surface area contributed by atoms with Crippen LogP contribution in [0.5, 0.6) is 0 Å². The van der Waals surface area contributed by atoms with Gasteiger partial charge in [-0.1, -0.05) is 153 Å². The Bertz CT molecular complexity index is 1910. The van der Waals surface area contributed by atoms with Crippen LogP contribution in [0.25, 0.3) is 54.7 Å². The highest BCUT2D eigenvalue weighted by Gasteiger charge is 2.18. The quantitative estimate of drug-likeness (QED) is 0.0554. The molecular weight excluding hydrogens is 629 g/mol. The lowest BCUT2D eigenvalue weighted by atomic mass is 9.93. The van der Waals surface area contributed by atoms with Gasteiger partial charge in [-0.25, -0.2) is 9.97 Å². The summed E-state index contributed by atoms with van der Waals surface area (Å²) in [4.78, 5) is 11.0. The fourth-order valence-electron chi connectivity index (χ4n) is 8.20. The Morgan fingerprint density at radius 2 is 0.615 bits per heavy atom. The molecule has 0 radical (unpaired) electrons. The van der Waals surface area contributed by atoms with Crippen molar-refractivity contribution in [3.63, 3.8) is 0 Å². The highest BCUT2D eigenvalue weighted by molar-refractivity contribution is 6.16. The number of pyridine rings is 2. The summed E-state index contributed by atoms with van der Waals surface area (Å²) in [5.41, 5.74) is 9.92. The van der Waals surface area contributed by atoms with Crippen molar-refractivity contribution in [2.24, 2.45) is 0 Å². The molecule has 0 amide bonds. The monoisotopic (exact) mass is 693 g/mol. The van der Waals surface area contributed by atoms with E-state index >= 15 is 0 Å². The third-order valence-corrected chi connectivity index (χ3v) is 11.3. The fourth-order valence-corrected chi connectivity index (χ4v) is 8.20. The van der Waals surface area contributed by atoms with Gasteiger partial charge in [0.2, 0.25) is 0 Å². The van der Waals surface area contributed by atoms with Crippen LogP contribution in [-0.2, 0) is 25.7 Å². The molecule has 2 aromatic heterocycles. The van der Waals surface area contributed by atoms with Crippen LogP contribution < -0.4 is 0 Å². The minimum absolute atomic E-state index is 1.02. The molecule has 2 nitrogen and oxygen atoms in total. The molecule has 2 heterocycles. The highest BCUT2D eigenvalue weighted by Crippen LogP contribution is 2.39. The zero-order valence-electron chi connectivity index (χ0n) is 33.0. The summed E-state index contributed by atoms with van der Waals surface area (Å²) in [5.74, 6) is 0. The predicted octanol–water partition coefficient (Wildman–Crippen LogP) is 15.2. The molecule has 0 aliphatic carbocycles. The van der Waals surface area contributed by atoms with E-state index in [0.717, 1.165) is 48.1 Å². The zero-order valence-corrected chi connectivity index (χ0v) is 33.0. The summed E-state index contributed by atoms with van der Waals surface area (Å²) < 4.78 is 0. The number of rotatable bonds is 21. The maximum absolute atomic E-state index is 5.50. The van der Waals surface area contributed by atoms with Gasteiger partial charge >= 0.3 is 0 Å². The lowest BCUT2D eigenvalue weighted by molar-refractivity contribution is 0.667. The summed E-state index contributed by atoms with van der Waals surface area (Å²) in [6.45, 7) is 9.17. The van der Waals surface area contributed by atoms with E-state index in [9.17, 15) is 0 Å². The minimum atomic E-state index is 1.02. The molecule has 0 unspecified atom stereocenters. The van der Waals surface area contributed by atoms with Crippen molar-refractivity contribution in [3.05, 3.63) is 95.1 Å². The molecule has 0 spiro atoms. The van der Waals surface area contributed by atoms with Gasteiger partial charge in [0.15, 0.2) is 0 Å². The van der Waals surface area contributed by atoms with Gasteiger partial charge in [-0.2, -0.15) is 0 Å². The average molecular weight is 693 g/mol. The van der Waals surface area contributed by atoms with E-state index in [1.165, 1.54) is 157 Å². The summed E-state index contributed by atoms with van der Waals surface area (Å²) in [5, 5.41) is 7.67. The normalized spacial score (nSPS) is 11.8. The maximum atomic E-state index is 5.50. The molecule has 0 N–H and O–H groups in total. The van der Waals surface area contributed by atoms with Crippen molar-refractivity contribution in [2.45, 2.75) is 156 Å². The van der Waals surface area contributed by atoms with E-state index in [1.54, 1.807) is 0 Å². The van der Waals surface area contributed by atoms with E-state index in [1.807, 2.05) is 0 Å². The number of unbranched alkanes of at least 4 members (excludes halogenated alkanes) is 12. The number of fused-ring (bicyclic) bond motifs is 6. The van der Waals surface area contributed by atoms with Crippen molar-refractivity contribution in [2.75, 3.05) is 0 Å². The third-order valence-electron chi connectivity index (χ3n) is 11.3. The number of aryl methyl sites for hydroxylation is 4. The molecule has 6 aromatic rings. The average Bonchev–Trinajstić information content (AvgIpc) is 3.18. The van der Waals surface area contributed by atoms with Gasteiger partial charge in [-0.05, 0) is 109 Å². The SMILES string of the molecule is CCCCCCc1ccc2nc(-c3nc4ccc(CCCCCC)cc4c4cc(CCCCCC)ccc34)c3ccc(CCCCCC)cc3c2c1. The van der Waals surface area contributed by atoms with Crippen molar-refractivity contribution < 1.29 is 0 Å². The number of hydrogen-bond acceptors (Lipinski definition) is 2. The molecule has 0 fully saturated rings. The van der Waals surface area contributed by atoms with Crippen LogP contribution in [0.1, 0.15) is 153 Å². The first kappa shape index (κ1) is 38.0.